The molecule has 0 aromatic heterocycles. The number of anilines is 1. The van der Waals surface area contributed by atoms with Crippen LogP contribution in [0.5, 0.6) is 5.75 Å². The predicted molar refractivity (Wildman–Crippen MR) is 82.3 cm³/mol. The van der Waals surface area contributed by atoms with Gasteiger partial charge in [0.15, 0.2) is 5.75 Å². The van der Waals surface area contributed by atoms with Gasteiger partial charge in [0.05, 0.1) is 24.5 Å². The first-order valence-electron chi connectivity index (χ1n) is 7.12. The van der Waals surface area contributed by atoms with Crippen molar-refractivity contribution in [3.05, 3.63) is 23.8 Å². The van der Waals surface area contributed by atoms with Gasteiger partial charge >= 0.3 is 11.9 Å². The van der Waals surface area contributed by atoms with E-state index in [1.54, 1.807) is 13.8 Å². The molecule has 24 heavy (non-hydrogen) atoms. The van der Waals surface area contributed by atoms with Gasteiger partial charge in [0.25, 0.3) is 5.91 Å². The number of para-hydroxylation sites is 1. The van der Waals surface area contributed by atoms with Crippen LogP contribution in [0.4, 0.5) is 5.69 Å². The maximum absolute atomic E-state index is 12.2. The van der Waals surface area contributed by atoms with Crippen LogP contribution in [-0.4, -0.2) is 48.6 Å². The maximum Gasteiger partial charge on any atom is 0.340 e. The summed E-state index contributed by atoms with van der Waals surface area (Å²) in [7, 11) is 0. The number of benzene rings is 1. The Hall–Kier alpha value is -3.10. The lowest BCUT2D eigenvalue weighted by Crippen LogP contribution is -2.48. The number of nitrogens with one attached hydrogen (secondary N) is 2. The fourth-order valence-electron chi connectivity index (χ4n) is 1.78. The zero-order valence-electron chi connectivity index (χ0n) is 13.2. The van der Waals surface area contributed by atoms with Crippen molar-refractivity contribution in [1.82, 2.24) is 5.32 Å². The van der Waals surface area contributed by atoms with Gasteiger partial charge in [-0.2, -0.15) is 0 Å². The Labute approximate surface area is 137 Å². The monoisotopic (exact) mass is 338 g/mol. The van der Waals surface area contributed by atoms with E-state index in [4.69, 9.17) is 9.47 Å². The summed E-state index contributed by atoms with van der Waals surface area (Å²) < 4.78 is 9.45. The highest BCUT2D eigenvalue weighted by molar-refractivity contribution is 6.07. The lowest BCUT2D eigenvalue weighted by molar-refractivity contribution is -0.157. The second-order valence-corrected chi connectivity index (χ2v) is 4.37. The average Bonchev–Trinajstić information content (AvgIpc) is 2.54. The van der Waals surface area contributed by atoms with E-state index in [2.05, 4.69) is 10.6 Å². The second-order valence-electron chi connectivity index (χ2n) is 4.37. The van der Waals surface area contributed by atoms with Gasteiger partial charge in [-0.15, -0.1) is 0 Å². The molecule has 0 saturated carbocycles. The molecule has 9 nitrogen and oxygen atoms in total. The fraction of sp³-hybridized carbons (Fsp3) is 0.333. The summed E-state index contributed by atoms with van der Waals surface area (Å²) in [5.74, 6) is -3.38. The highest BCUT2D eigenvalue weighted by Crippen LogP contribution is 2.26. The van der Waals surface area contributed by atoms with E-state index < -0.39 is 29.6 Å². The number of phenols is 1. The Morgan fingerprint density at radius 3 is 2.25 bits per heavy atom. The molecule has 3 N–H and O–H groups in total. The molecule has 0 aliphatic carbocycles. The molecule has 0 saturated heterocycles. The van der Waals surface area contributed by atoms with Crippen LogP contribution in [0, 0.1) is 0 Å². The molecule has 0 fully saturated rings. The molecule has 2 amide bonds. The third kappa shape index (κ3) is 4.70. The van der Waals surface area contributed by atoms with Gasteiger partial charge in [0.1, 0.15) is 0 Å². The average molecular weight is 338 g/mol. The van der Waals surface area contributed by atoms with Crippen LogP contribution in [0.15, 0.2) is 18.2 Å². The number of aromatic hydroxyl groups is 1. The highest BCUT2D eigenvalue weighted by atomic mass is 16.6. The summed E-state index contributed by atoms with van der Waals surface area (Å²) in [6.07, 6.45) is 0.330. The van der Waals surface area contributed by atoms with Gasteiger partial charge in [-0.3, -0.25) is 9.59 Å². The van der Waals surface area contributed by atoms with Crippen molar-refractivity contribution in [2.24, 2.45) is 0 Å². The normalized spacial score (nSPS) is 9.96. The van der Waals surface area contributed by atoms with Crippen LogP contribution in [0.2, 0.25) is 0 Å². The van der Waals surface area contributed by atoms with E-state index in [0.29, 0.717) is 6.41 Å². The third-order valence-corrected chi connectivity index (χ3v) is 2.82. The molecule has 0 spiro atoms. The van der Waals surface area contributed by atoms with Gasteiger partial charge in [-0.1, -0.05) is 6.07 Å². The first-order chi connectivity index (χ1) is 11.5. The number of hydrogen-bond donors (Lipinski definition) is 3. The summed E-state index contributed by atoms with van der Waals surface area (Å²) in [6.45, 7) is 3.11. The van der Waals surface area contributed by atoms with Crippen molar-refractivity contribution in [3.63, 3.8) is 0 Å². The lowest BCUT2D eigenvalue weighted by atomic mass is 10.1. The number of rotatable bonds is 8. The van der Waals surface area contributed by atoms with Crippen molar-refractivity contribution >= 4 is 29.9 Å². The van der Waals surface area contributed by atoms with Crippen molar-refractivity contribution < 1.29 is 33.8 Å². The van der Waals surface area contributed by atoms with Crippen molar-refractivity contribution in [2.75, 3.05) is 18.5 Å². The minimum atomic E-state index is -1.67. The minimum absolute atomic E-state index is 0.00136. The molecular formula is C15H18N2O7. The first-order valence-corrected chi connectivity index (χ1v) is 7.12. The van der Waals surface area contributed by atoms with E-state index in [0.717, 1.165) is 0 Å². The Morgan fingerprint density at radius 1 is 1.17 bits per heavy atom. The van der Waals surface area contributed by atoms with Crippen LogP contribution in [0.1, 0.15) is 24.2 Å². The minimum Gasteiger partial charge on any atom is -0.505 e. The number of carbonyl (C=O) groups is 4. The Kier molecular flexibility index (Phi) is 7.21. The lowest BCUT2D eigenvalue weighted by Gasteiger charge is -2.16. The second kappa shape index (κ2) is 9.13. The third-order valence-electron chi connectivity index (χ3n) is 2.82. The van der Waals surface area contributed by atoms with Gasteiger partial charge < -0.3 is 25.2 Å². The summed E-state index contributed by atoms with van der Waals surface area (Å²) in [4.78, 5) is 46.4. The molecule has 0 atom stereocenters. The molecular weight excluding hydrogens is 320 g/mol. The molecule has 0 bridgehead atoms. The molecule has 0 heterocycles. The largest absolute Gasteiger partial charge is 0.505 e. The Balaban J connectivity index is 3.03. The van der Waals surface area contributed by atoms with Crippen LogP contribution in [0.25, 0.3) is 0 Å². The number of hydrogen-bond acceptors (Lipinski definition) is 7. The van der Waals surface area contributed by atoms with Crippen molar-refractivity contribution in [2.45, 2.75) is 19.9 Å². The summed E-state index contributed by atoms with van der Waals surface area (Å²) in [6, 6.07) is 2.37. The van der Waals surface area contributed by atoms with Crippen LogP contribution >= 0.6 is 0 Å². The molecule has 0 aliphatic heterocycles. The van der Waals surface area contributed by atoms with E-state index in [1.165, 1.54) is 18.2 Å². The zero-order valence-corrected chi connectivity index (χ0v) is 13.2. The number of ether oxygens (including phenoxy) is 2. The number of carbonyl (C=O) groups excluding carboxylic acids is 4. The molecule has 0 aliphatic rings. The molecule has 9 heteroatoms. The first kappa shape index (κ1) is 18.9. The van der Waals surface area contributed by atoms with E-state index >= 15 is 0 Å². The van der Waals surface area contributed by atoms with E-state index in [9.17, 15) is 24.3 Å². The fourth-order valence-corrected chi connectivity index (χ4v) is 1.78. The van der Waals surface area contributed by atoms with Gasteiger partial charge in [0, 0.05) is 0 Å². The Bertz CT molecular complexity index is 612. The van der Waals surface area contributed by atoms with E-state index in [1.807, 2.05) is 0 Å². The molecule has 1 aromatic carbocycles. The van der Waals surface area contributed by atoms with E-state index in [-0.39, 0.29) is 24.5 Å². The topological polar surface area (TPSA) is 131 Å². The summed E-state index contributed by atoms with van der Waals surface area (Å²) in [5, 5.41) is 14.3. The van der Waals surface area contributed by atoms with Crippen molar-refractivity contribution in [3.8, 4) is 5.75 Å². The standard InChI is InChI=1S/C15H18N2O7/c1-3-23-14(21)11(15(22)24-4-2)17-13(20)9-6-5-7-10(12(9)19)16-8-18/h5-8,11,19H,3-4H2,1-2H3,(H,16,18)(H,17,20). The smallest absolute Gasteiger partial charge is 0.340 e. The van der Waals surface area contributed by atoms with Crippen LogP contribution in [0.3, 0.4) is 0 Å². The molecule has 0 unspecified atom stereocenters. The number of amides is 2. The quantitative estimate of drug-likeness (QED) is 0.267. The molecule has 1 rings (SSSR count). The molecule has 130 valence electrons. The number of phenolic OH excluding ortho intramolecular Hbond substituents is 1. The highest BCUT2D eigenvalue weighted by Gasteiger charge is 2.32. The van der Waals surface area contributed by atoms with Crippen LogP contribution < -0.4 is 10.6 Å². The van der Waals surface area contributed by atoms with Crippen LogP contribution in [-0.2, 0) is 23.9 Å². The predicted octanol–water partition coefficient (Wildman–Crippen LogP) is 0.185. The molecule has 0 radical (unpaired) electrons. The van der Waals surface area contributed by atoms with Crippen molar-refractivity contribution in [1.29, 1.82) is 0 Å². The number of esters is 2. The van der Waals surface area contributed by atoms with Gasteiger partial charge in [-0.05, 0) is 26.0 Å². The molecule has 1 aromatic rings. The summed E-state index contributed by atoms with van der Waals surface area (Å²) in [5.41, 5.74) is -0.234. The van der Waals surface area contributed by atoms with Gasteiger partial charge in [0.2, 0.25) is 12.5 Å². The summed E-state index contributed by atoms with van der Waals surface area (Å²) >= 11 is 0. The maximum atomic E-state index is 12.2. The van der Waals surface area contributed by atoms with Gasteiger partial charge in [-0.25, -0.2) is 9.59 Å². The SMILES string of the molecule is CCOC(=O)C(NC(=O)c1cccc(NC=O)c1O)C(=O)OCC. The Morgan fingerprint density at radius 2 is 1.75 bits per heavy atom. The zero-order chi connectivity index (χ0) is 18.1.